The van der Waals surface area contributed by atoms with Crippen LogP contribution in [0.25, 0.3) is 5.76 Å². The number of Topliss-reactive ketones (excluding diaryl/α,β-unsaturated/α-hetero) is 1. The number of benzene rings is 2. The summed E-state index contributed by atoms with van der Waals surface area (Å²) < 4.78 is 0. The van der Waals surface area contributed by atoms with E-state index < -0.39 is 17.7 Å². The maximum atomic E-state index is 13.3. The van der Waals surface area contributed by atoms with Gasteiger partial charge in [-0.3, -0.25) is 19.5 Å². The van der Waals surface area contributed by atoms with Crippen molar-refractivity contribution in [2.24, 2.45) is 0 Å². The van der Waals surface area contributed by atoms with Crippen molar-refractivity contribution in [3.05, 3.63) is 93.7 Å². The number of aliphatic hydroxyl groups excluding tert-OH is 1. The molecule has 2 aliphatic rings. The van der Waals surface area contributed by atoms with Crippen LogP contribution in [-0.2, 0) is 9.59 Å². The molecule has 2 fully saturated rings. The lowest BCUT2D eigenvalue weighted by atomic mass is 9.96. The number of carbonyl (C=O) groups excluding carboxylic acids is 2. The molecule has 1 unspecified atom stereocenters. The van der Waals surface area contributed by atoms with E-state index in [-0.39, 0.29) is 16.4 Å². The first-order valence-electron chi connectivity index (χ1n) is 11.5. The Kier molecular flexibility index (Phi) is 6.50. The summed E-state index contributed by atoms with van der Waals surface area (Å²) in [6.07, 6.45) is 6.74. The van der Waals surface area contributed by atoms with Crippen molar-refractivity contribution in [2.45, 2.75) is 25.3 Å². The van der Waals surface area contributed by atoms with Gasteiger partial charge in [-0.15, -0.1) is 0 Å². The molecule has 2 aromatic carbocycles. The van der Waals surface area contributed by atoms with Gasteiger partial charge in [-0.1, -0.05) is 23.2 Å². The summed E-state index contributed by atoms with van der Waals surface area (Å²) in [6, 6.07) is 14.9. The second-order valence-corrected chi connectivity index (χ2v) is 9.46. The second kappa shape index (κ2) is 9.72. The molecule has 8 heteroatoms. The number of nitrogens with zero attached hydrogens (tertiary/aromatic N) is 3. The fraction of sp³-hybridized carbons (Fsp3) is 0.222. The van der Waals surface area contributed by atoms with Crippen LogP contribution in [0.3, 0.4) is 0 Å². The molecule has 0 radical (unpaired) electrons. The SMILES string of the molecule is O=C1C(=O)N(c2ccc(N3CCCCC3)cc2)C(c2ccncc2)/C1=C(/O)c1ccc(Cl)c(Cl)c1. The molecule has 2 aliphatic heterocycles. The molecular weight excluding hydrogens is 485 g/mol. The summed E-state index contributed by atoms with van der Waals surface area (Å²) in [7, 11) is 0. The third-order valence-corrected chi connectivity index (χ3v) is 7.25. The third-order valence-electron chi connectivity index (χ3n) is 6.51. The highest BCUT2D eigenvalue weighted by Crippen LogP contribution is 2.42. The fourth-order valence-corrected chi connectivity index (χ4v) is 5.03. The monoisotopic (exact) mass is 507 g/mol. The normalized spacial score (nSPS) is 19.9. The first kappa shape index (κ1) is 23.4. The molecule has 35 heavy (non-hydrogen) atoms. The van der Waals surface area contributed by atoms with Crippen LogP contribution in [0.15, 0.2) is 72.6 Å². The van der Waals surface area contributed by atoms with E-state index in [4.69, 9.17) is 23.2 Å². The van der Waals surface area contributed by atoms with Crippen molar-refractivity contribution in [1.29, 1.82) is 0 Å². The molecule has 5 rings (SSSR count). The van der Waals surface area contributed by atoms with E-state index in [9.17, 15) is 14.7 Å². The van der Waals surface area contributed by atoms with E-state index in [1.165, 1.54) is 23.5 Å². The smallest absolute Gasteiger partial charge is 0.300 e. The van der Waals surface area contributed by atoms with Gasteiger partial charge in [0.2, 0.25) is 0 Å². The minimum atomic E-state index is -0.826. The Labute approximate surface area is 213 Å². The summed E-state index contributed by atoms with van der Waals surface area (Å²) in [5, 5.41) is 11.7. The zero-order valence-electron chi connectivity index (χ0n) is 18.8. The molecule has 3 aromatic rings. The van der Waals surface area contributed by atoms with E-state index in [0.717, 1.165) is 31.6 Å². The molecule has 1 N–H and O–H groups in total. The van der Waals surface area contributed by atoms with Crippen LogP contribution in [0.5, 0.6) is 0 Å². The van der Waals surface area contributed by atoms with Crippen molar-refractivity contribution < 1.29 is 14.7 Å². The van der Waals surface area contributed by atoms with Crippen LogP contribution in [0, 0.1) is 0 Å². The van der Waals surface area contributed by atoms with Gasteiger partial charge < -0.3 is 10.0 Å². The molecule has 2 saturated heterocycles. The van der Waals surface area contributed by atoms with E-state index in [1.807, 2.05) is 24.3 Å². The lowest BCUT2D eigenvalue weighted by molar-refractivity contribution is -0.132. The molecular formula is C27H23Cl2N3O3. The van der Waals surface area contributed by atoms with Gasteiger partial charge >= 0.3 is 0 Å². The van der Waals surface area contributed by atoms with E-state index in [1.54, 1.807) is 30.6 Å². The van der Waals surface area contributed by atoms with Crippen molar-refractivity contribution >= 4 is 52.0 Å². The molecule has 1 aromatic heterocycles. The molecule has 1 amide bonds. The lowest BCUT2D eigenvalue weighted by Gasteiger charge is -2.30. The number of ketones is 1. The Bertz CT molecular complexity index is 1300. The van der Waals surface area contributed by atoms with Gasteiger partial charge in [0.25, 0.3) is 11.7 Å². The van der Waals surface area contributed by atoms with Gasteiger partial charge in [-0.2, -0.15) is 0 Å². The number of aliphatic hydroxyl groups is 1. The predicted octanol–water partition coefficient (Wildman–Crippen LogP) is 6.01. The molecule has 0 saturated carbocycles. The van der Waals surface area contributed by atoms with Crippen LogP contribution in [0.4, 0.5) is 11.4 Å². The number of anilines is 2. The average Bonchev–Trinajstić information content (AvgIpc) is 3.16. The topological polar surface area (TPSA) is 73.7 Å². The van der Waals surface area contributed by atoms with Crippen LogP contribution >= 0.6 is 23.2 Å². The van der Waals surface area contributed by atoms with E-state index in [0.29, 0.717) is 21.8 Å². The summed E-state index contributed by atoms with van der Waals surface area (Å²) in [6.45, 7) is 2.01. The molecule has 1 atom stereocenters. The zero-order chi connectivity index (χ0) is 24.5. The number of halogens is 2. The van der Waals surface area contributed by atoms with E-state index in [2.05, 4.69) is 9.88 Å². The Balaban J connectivity index is 1.60. The highest BCUT2D eigenvalue weighted by atomic mass is 35.5. The Morgan fingerprint density at radius 1 is 0.857 bits per heavy atom. The number of rotatable bonds is 4. The number of carbonyl (C=O) groups is 2. The highest BCUT2D eigenvalue weighted by molar-refractivity contribution is 6.51. The van der Waals surface area contributed by atoms with Crippen molar-refractivity contribution in [1.82, 2.24) is 4.98 Å². The first-order valence-corrected chi connectivity index (χ1v) is 12.2. The van der Waals surface area contributed by atoms with E-state index >= 15 is 0 Å². The summed E-state index contributed by atoms with van der Waals surface area (Å²) in [5.41, 5.74) is 2.60. The van der Waals surface area contributed by atoms with Gasteiger partial charge in [0.05, 0.1) is 21.7 Å². The predicted molar refractivity (Wildman–Crippen MR) is 138 cm³/mol. The Morgan fingerprint density at radius 3 is 2.17 bits per heavy atom. The Morgan fingerprint density at radius 2 is 1.51 bits per heavy atom. The first-order chi connectivity index (χ1) is 17.0. The number of aromatic nitrogens is 1. The van der Waals surface area contributed by atoms with Crippen molar-refractivity contribution in [2.75, 3.05) is 22.9 Å². The summed E-state index contributed by atoms with van der Waals surface area (Å²) in [5.74, 6) is -1.79. The summed E-state index contributed by atoms with van der Waals surface area (Å²) in [4.78, 5) is 34.4. The van der Waals surface area contributed by atoms with Gasteiger partial charge in [-0.05, 0) is 79.4 Å². The molecule has 0 aliphatic carbocycles. The molecule has 178 valence electrons. The third kappa shape index (κ3) is 4.40. The molecule has 0 spiro atoms. The fourth-order valence-electron chi connectivity index (χ4n) is 4.74. The maximum Gasteiger partial charge on any atom is 0.300 e. The minimum Gasteiger partial charge on any atom is -0.507 e. The van der Waals surface area contributed by atoms with Crippen LogP contribution < -0.4 is 9.80 Å². The summed E-state index contributed by atoms with van der Waals surface area (Å²) >= 11 is 12.2. The number of piperidine rings is 1. The van der Waals surface area contributed by atoms with Crippen molar-refractivity contribution in [3.8, 4) is 0 Å². The largest absolute Gasteiger partial charge is 0.507 e. The Hall–Kier alpha value is -3.35. The highest BCUT2D eigenvalue weighted by Gasteiger charge is 2.47. The number of hydrogen-bond donors (Lipinski definition) is 1. The molecule has 3 heterocycles. The standard InChI is InChI=1S/C27H23Cl2N3O3/c28-21-9-4-18(16-22(21)29)25(33)23-24(17-10-12-30-13-11-17)32(27(35)26(23)34)20-7-5-19(6-8-20)31-14-2-1-3-15-31/h4-13,16,24,33H,1-3,14-15H2/b25-23-. The van der Waals surface area contributed by atoms with Crippen LogP contribution in [-0.4, -0.2) is 34.9 Å². The second-order valence-electron chi connectivity index (χ2n) is 8.64. The van der Waals surface area contributed by atoms with Gasteiger partial charge in [0.1, 0.15) is 5.76 Å². The quantitative estimate of drug-likeness (QED) is 0.266. The number of amides is 1. The zero-order valence-corrected chi connectivity index (χ0v) is 20.3. The van der Waals surface area contributed by atoms with Crippen LogP contribution in [0.2, 0.25) is 10.0 Å². The van der Waals surface area contributed by atoms with Gasteiger partial charge in [-0.25, -0.2) is 0 Å². The van der Waals surface area contributed by atoms with Crippen LogP contribution in [0.1, 0.15) is 36.4 Å². The number of hydrogen-bond acceptors (Lipinski definition) is 5. The number of pyridine rings is 1. The molecule has 0 bridgehead atoms. The molecule has 6 nitrogen and oxygen atoms in total. The lowest BCUT2D eigenvalue weighted by Crippen LogP contribution is -2.30. The van der Waals surface area contributed by atoms with Gasteiger partial charge in [0, 0.05) is 42.4 Å². The van der Waals surface area contributed by atoms with Crippen molar-refractivity contribution in [3.63, 3.8) is 0 Å². The minimum absolute atomic E-state index is 0.0142. The van der Waals surface area contributed by atoms with Gasteiger partial charge in [0.15, 0.2) is 0 Å². The maximum absolute atomic E-state index is 13.3. The average molecular weight is 508 g/mol.